The summed E-state index contributed by atoms with van der Waals surface area (Å²) in [6.07, 6.45) is 7.57. The van der Waals surface area contributed by atoms with E-state index >= 15 is 0 Å². The van der Waals surface area contributed by atoms with Crippen molar-refractivity contribution in [3.63, 3.8) is 0 Å². The van der Waals surface area contributed by atoms with Gasteiger partial charge in [-0.05, 0) is 60.1 Å². The van der Waals surface area contributed by atoms with Crippen LogP contribution in [-0.4, -0.2) is 6.10 Å². The van der Waals surface area contributed by atoms with E-state index in [0.717, 1.165) is 6.42 Å². The highest BCUT2D eigenvalue weighted by Gasteiger charge is 2.33. The Morgan fingerprint density at radius 3 is 2.38 bits per heavy atom. The molecular weight excluding hydrogens is 292 g/mol. The maximum Gasteiger partial charge on any atom is 0.109 e. The van der Waals surface area contributed by atoms with Gasteiger partial charge in [0.2, 0.25) is 0 Å². The van der Waals surface area contributed by atoms with E-state index in [1.165, 1.54) is 47.1 Å². The van der Waals surface area contributed by atoms with Gasteiger partial charge in [0.25, 0.3) is 0 Å². The molecule has 1 aliphatic carbocycles. The quantitative estimate of drug-likeness (QED) is 0.650. The van der Waals surface area contributed by atoms with Gasteiger partial charge in [-0.2, -0.15) is 0 Å². The molecule has 2 aromatic carbocycles. The molecule has 2 aliphatic rings. The fourth-order valence-electron chi connectivity index (χ4n) is 3.98. The zero-order valence-electron chi connectivity index (χ0n) is 14.2. The molecule has 0 amide bonds. The maximum atomic E-state index is 6.61. The second-order valence-corrected chi connectivity index (χ2v) is 6.82. The van der Waals surface area contributed by atoms with Gasteiger partial charge in [0, 0.05) is 0 Å². The van der Waals surface area contributed by atoms with E-state index < -0.39 is 0 Å². The molecule has 122 valence electrons. The zero-order valence-corrected chi connectivity index (χ0v) is 14.2. The summed E-state index contributed by atoms with van der Waals surface area (Å²) in [4.78, 5) is 0. The van der Waals surface area contributed by atoms with Crippen molar-refractivity contribution < 1.29 is 4.74 Å². The van der Waals surface area contributed by atoms with Crippen LogP contribution in [0.4, 0.5) is 0 Å². The Labute approximate surface area is 144 Å². The minimum absolute atomic E-state index is 0.0401. The van der Waals surface area contributed by atoms with E-state index in [1.54, 1.807) is 0 Å². The molecule has 1 nitrogen and oxygen atoms in total. The van der Waals surface area contributed by atoms with Gasteiger partial charge in [-0.25, -0.2) is 0 Å². The third kappa shape index (κ3) is 2.97. The van der Waals surface area contributed by atoms with Crippen molar-refractivity contribution in [1.29, 1.82) is 0 Å². The molecule has 0 unspecified atom stereocenters. The lowest BCUT2D eigenvalue weighted by atomic mass is 9.80. The highest BCUT2D eigenvalue weighted by molar-refractivity contribution is 5.62. The molecule has 0 aromatic heterocycles. The van der Waals surface area contributed by atoms with Crippen LogP contribution in [0.15, 0.2) is 77.4 Å². The van der Waals surface area contributed by atoms with Gasteiger partial charge in [-0.3, -0.25) is 0 Å². The first-order valence-corrected chi connectivity index (χ1v) is 9.00. The number of ether oxygens (including phenoxy) is 1. The van der Waals surface area contributed by atoms with Crippen LogP contribution in [0.2, 0.25) is 0 Å². The first-order chi connectivity index (χ1) is 11.8. The molecule has 1 saturated carbocycles. The van der Waals surface area contributed by atoms with Gasteiger partial charge in [0.15, 0.2) is 0 Å². The monoisotopic (exact) mass is 316 g/mol. The molecule has 0 bridgehead atoms. The van der Waals surface area contributed by atoms with Crippen molar-refractivity contribution in [2.24, 2.45) is 0 Å². The summed E-state index contributed by atoms with van der Waals surface area (Å²) >= 11 is 0. The van der Waals surface area contributed by atoms with Gasteiger partial charge in [-0.1, -0.05) is 67.1 Å². The molecule has 4 rings (SSSR count). The lowest BCUT2D eigenvalue weighted by molar-refractivity contribution is 0.00632. The van der Waals surface area contributed by atoms with Gasteiger partial charge in [0.1, 0.15) is 6.10 Å². The maximum absolute atomic E-state index is 6.61. The zero-order chi connectivity index (χ0) is 16.4. The highest BCUT2D eigenvalue weighted by atomic mass is 16.5. The largest absolute Gasteiger partial charge is 0.361 e. The number of benzene rings is 2. The Bertz CT molecular complexity index is 755. The van der Waals surface area contributed by atoms with Crippen molar-refractivity contribution in [1.82, 2.24) is 0 Å². The topological polar surface area (TPSA) is 9.23 Å². The molecule has 0 saturated heterocycles. The molecule has 1 aliphatic heterocycles. The number of fused-ring (bicyclic) bond motifs is 1. The normalized spacial score (nSPS) is 25.6. The van der Waals surface area contributed by atoms with E-state index in [0.29, 0.717) is 6.10 Å². The van der Waals surface area contributed by atoms with E-state index in [-0.39, 0.29) is 6.10 Å². The minimum atomic E-state index is 0.0401. The van der Waals surface area contributed by atoms with Crippen LogP contribution in [-0.2, 0) is 4.74 Å². The van der Waals surface area contributed by atoms with Crippen molar-refractivity contribution in [3.05, 3.63) is 88.5 Å². The Balaban J connectivity index is 1.82. The first kappa shape index (κ1) is 15.4. The van der Waals surface area contributed by atoms with Crippen molar-refractivity contribution in [3.8, 4) is 0 Å². The molecule has 1 heterocycles. The predicted octanol–water partition coefficient (Wildman–Crippen LogP) is 6.10. The Kier molecular flexibility index (Phi) is 4.36. The van der Waals surface area contributed by atoms with Crippen molar-refractivity contribution >= 4 is 6.08 Å². The fraction of sp³-hybridized carbons (Fsp3) is 0.304. The number of hydrogen-bond donors (Lipinski definition) is 0. The standard InChI is InChI=1S/C23H24O/c1-17-20-14-8-9-15-22(20)24-23(19-12-6-3-7-13-19)21(17)16-18-10-4-2-5-11-18/h2-7,10-13,16,22-23H,8-9,14-15H2,1H3/b21-16+/t22-,23-/m1/s1. The summed E-state index contributed by atoms with van der Waals surface area (Å²) in [7, 11) is 0. The van der Waals surface area contributed by atoms with E-state index in [9.17, 15) is 0 Å². The van der Waals surface area contributed by atoms with Crippen molar-refractivity contribution in [2.75, 3.05) is 0 Å². The smallest absolute Gasteiger partial charge is 0.109 e. The van der Waals surface area contributed by atoms with Crippen LogP contribution in [0.3, 0.4) is 0 Å². The van der Waals surface area contributed by atoms with Crippen LogP contribution in [0.1, 0.15) is 49.8 Å². The molecule has 2 aromatic rings. The van der Waals surface area contributed by atoms with Crippen LogP contribution in [0.25, 0.3) is 6.08 Å². The van der Waals surface area contributed by atoms with Crippen LogP contribution in [0, 0.1) is 0 Å². The third-order valence-electron chi connectivity index (χ3n) is 5.27. The lowest BCUT2D eigenvalue weighted by Crippen LogP contribution is -2.29. The van der Waals surface area contributed by atoms with Crippen LogP contribution >= 0.6 is 0 Å². The lowest BCUT2D eigenvalue weighted by Gasteiger charge is -2.38. The molecule has 1 heteroatoms. The average molecular weight is 316 g/mol. The molecule has 24 heavy (non-hydrogen) atoms. The van der Waals surface area contributed by atoms with Crippen LogP contribution < -0.4 is 0 Å². The fourth-order valence-corrected chi connectivity index (χ4v) is 3.98. The Morgan fingerprint density at radius 2 is 1.62 bits per heavy atom. The molecule has 0 N–H and O–H groups in total. The molecule has 0 radical (unpaired) electrons. The van der Waals surface area contributed by atoms with E-state index in [4.69, 9.17) is 4.74 Å². The second-order valence-electron chi connectivity index (χ2n) is 6.82. The summed E-state index contributed by atoms with van der Waals surface area (Å²) < 4.78 is 6.61. The summed E-state index contributed by atoms with van der Waals surface area (Å²) in [6.45, 7) is 2.29. The Morgan fingerprint density at radius 1 is 0.917 bits per heavy atom. The summed E-state index contributed by atoms with van der Waals surface area (Å²) in [5, 5.41) is 0. The van der Waals surface area contributed by atoms with Gasteiger partial charge in [-0.15, -0.1) is 0 Å². The molecular formula is C23H24O. The Hall–Kier alpha value is -2.12. The summed E-state index contributed by atoms with van der Waals surface area (Å²) in [5.74, 6) is 0. The third-order valence-corrected chi connectivity index (χ3v) is 5.27. The molecule has 0 spiro atoms. The predicted molar refractivity (Wildman–Crippen MR) is 99.6 cm³/mol. The number of hydrogen-bond acceptors (Lipinski definition) is 1. The molecule has 2 atom stereocenters. The minimum Gasteiger partial charge on any atom is -0.361 e. The number of rotatable bonds is 2. The van der Waals surface area contributed by atoms with Gasteiger partial charge < -0.3 is 4.74 Å². The highest BCUT2D eigenvalue weighted by Crippen LogP contribution is 2.44. The summed E-state index contributed by atoms with van der Waals surface area (Å²) in [6, 6.07) is 21.2. The van der Waals surface area contributed by atoms with E-state index in [1.807, 2.05) is 0 Å². The van der Waals surface area contributed by atoms with Crippen molar-refractivity contribution in [2.45, 2.75) is 44.8 Å². The SMILES string of the molecule is CC1=C2CCCC[C@H]2O[C@H](c2ccccc2)/C1=C/c1ccccc1. The second kappa shape index (κ2) is 6.78. The van der Waals surface area contributed by atoms with E-state index in [2.05, 4.69) is 73.7 Å². The first-order valence-electron chi connectivity index (χ1n) is 9.00. The summed E-state index contributed by atoms with van der Waals surface area (Å²) in [5.41, 5.74) is 6.79. The molecule has 1 fully saturated rings. The van der Waals surface area contributed by atoms with Gasteiger partial charge >= 0.3 is 0 Å². The van der Waals surface area contributed by atoms with Crippen LogP contribution in [0.5, 0.6) is 0 Å². The average Bonchev–Trinajstić information content (AvgIpc) is 2.65. The van der Waals surface area contributed by atoms with Gasteiger partial charge in [0.05, 0.1) is 6.10 Å².